The predicted molar refractivity (Wildman–Crippen MR) is 81.7 cm³/mol. The first-order valence-corrected chi connectivity index (χ1v) is 6.94. The molecule has 0 spiro atoms. The maximum atomic E-state index is 11.9. The second-order valence-corrected chi connectivity index (χ2v) is 5.17. The third-order valence-corrected chi connectivity index (χ3v) is 3.20. The molecule has 2 heterocycles. The minimum Gasteiger partial charge on any atom is -0.351 e. The van der Waals surface area contributed by atoms with Crippen LogP contribution in [0.4, 0.5) is 5.82 Å². The maximum absolute atomic E-state index is 11.9. The molecule has 0 saturated heterocycles. The lowest BCUT2D eigenvalue weighted by Crippen LogP contribution is -2.12. The fourth-order valence-electron chi connectivity index (χ4n) is 2.05. The fraction of sp³-hybridized carbons (Fsp3) is 0.188. The van der Waals surface area contributed by atoms with Gasteiger partial charge in [-0.1, -0.05) is 35.0 Å². The van der Waals surface area contributed by atoms with Crippen LogP contribution in [0.15, 0.2) is 47.1 Å². The third-order valence-electron chi connectivity index (χ3n) is 3.20. The van der Waals surface area contributed by atoms with Crippen molar-refractivity contribution >= 4 is 11.7 Å². The summed E-state index contributed by atoms with van der Waals surface area (Å²) in [4.78, 5) is 11.9. The van der Waals surface area contributed by atoms with Crippen LogP contribution in [0.5, 0.6) is 0 Å². The Labute approximate surface area is 127 Å². The minimum atomic E-state index is -0.360. The molecule has 0 aliphatic rings. The molecule has 6 heteroatoms. The number of nitrogens with one attached hydrogen (secondary N) is 1. The van der Waals surface area contributed by atoms with Gasteiger partial charge in [-0.25, -0.2) is 0 Å². The van der Waals surface area contributed by atoms with Crippen LogP contribution in [0, 0.1) is 13.8 Å². The summed E-state index contributed by atoms with van der Waals surface area (Å²) in [6.07, 6.45) is 1.82. The second kappa shape index (κ2) is 5.85. The van der Waals surface area contributed by atoms with E-state index in [1.807, 2.05) is 6.20 Å². The number of aromatic nitrogens is 3. The molecule has 0 atom stereocenters. The Bertz CT molecular complexity index is 787. The molecular weight excluding hydrogens is 280 g/mol. The molecule has 2 aromatic heterocycles. The SMILES string of the molecule is Cc1ccc(Cn2ccc(NC(=O)c3cc(C)no3)n2)cc1. The molecule has 3 aromatic rings. The minimum absolute atomic E-state index is 0.172. The number of amides is 1. The molecule has 0 radical (unpaired) electrons. The van der Waals surface area contributed by atoms with E-state index in [1.54, 1.807) is 23.7 Å². The summed E-state index contributed by atoms with van der Waals surface area (Å²) in [5.41, 5.74) is 3.03. The largest absolute Gasteiger partial charge is 0.351 e. The van der Waals surface area contributed by atoms with E-state index in [9.17, 15) is 4.79 Å². The molecule has 1 aromatic carbocycles. The van der Waals surface area contributed by atoms with E-state index >= 15 is 0 Å². The van der Waals surface area contributed by atoms with E-state index in [0.717, 1.165) is 5.56 Å². The second-order valence-electron chi connectivity index (χ2n) is 5.17. The summed E-state index contributed by atoms with van der Waals surface area (Å²) >= 11 is 0. The average Bonchev–Trinajstić information content (AvgIpc) is 3.11. The van der Waals surface area contributed by atoms with Gasteiger partial charge < -0.3 is 9.84 Å². The van der Waals surface area contributed by atoms with Gasteiger partial charge in [-0.05, 0) is 19.4 Å². The van der Waals surface area contributed by atoms with Crippen molar-refractivity contribution in [3.63, 3.8) is 0 Å². The van der Waals surface area contributed by atoms with Crippen molar-refractivity contribution in [1.82, 2.24) is 14.9 Å². The molecule has 0 aliphatic heterocycles. The zero-order chi connectivity index (χ0) is 15.5. The molecule has 112 valence electrons. The van der Waals surface area contributed by atoms with Gasteiger partial charge >= 0.3 is 0 Å². The lowest BCUT2D eigenvalue weighted by molar-refractivity contribution is 0.0987. The van der Waals surface area contributed by atoms with Gasteiger partial charge in [0.1, 0.15) is 0 Å². The highest BCUT2D eigenvalue weighted by Gasteiger charge is 2.13. The zero-order valence-corrected chi connectivity index (χ0v) is 12.4. The number of hydrogen-bond acceptors (Lipinski definition) is 4. The molecule has 1 amide bonds. The Morgan fingerprint density at radius 3 is 2.68 bits per heavy atom. The van der Waals surface area contributed by atoms with E-state index in [0.29, 0.717) is 18.1 Å². The molecule has 0 saturated carbocycles. The van der Waals surface area contributed by atoms with Crippen molar-refractivity contribution in [3.8, 4) is 0 Å². The lowest BCUT2D eigenvalue weighted by atomic mass is 10.1. The summed E-state index contributed by atoms with van der Waals surface area (Å²) in [7, 11) is 0. The van der Waals surface area contributed by atoms with E-state index < -0.39 is 0 Å². The molecule has 0 aliphatic carbocycles. The highest BCUT2D eigenvalue weighted by atomic mass is 16.5. The quantitative estimate of drug-likeness (QED) is 0.803. The van der Waals surface area contributed by atoms with Gasteiger partial charge in [-0.15, -0.1) is 0 Å². The number of hydrogen-bond donors (Lipinski definition) is 1. The number of nitrogens with zero attached hydrogens (tertiary/aromatic N) is 3. The van der Waals surface area contributed by atoms with Crippen molar-refractivity contribution in [1.29, 1.82) is 0 Å². The van der Waals surface area contributed by atoms with Gasteiger partial charge in [0.05, 0.1) is 12.2 Å². The van der Waals surface area contributed by atoms with Gasteiger partial charge in [-0.2, -0.15) is 5.10 Å². The summed E-state index contributed by atoms with van der Waals surface area (Å²) in [6.45, 7) is 4.46. The lowest BCUT2D eigenvalue weighted by Gasteiger charge is -2.02. The topological polar surface area (TPSA) is 73.0 Å². The molecular formula is C16H16N4O2. The van der Waals surface area contributed by atoms with Crippen molar-refractivity contribution in [2.45, 2.75) is 20.4 Å². The molecule has 6 nitrogen and oxygen atoms in total. The molecule has 1 N–H and O–H groups in total. The predicted octanol–water partition coefficient (Wildman–Crippen LogP) is 2.79. The molecule has 0 fully saturated rings. The number of rotatable bonds is 4. The van der Waals surface area contributed by atoms with Crippen molar-refractivity contribution in [2.24, 2.45) is 0 Å². The molecule has 0 bridgehead atoms. The summed E-state index contributed by atoms with van der Waals surface area (Å²) in [5.74, 6) is 0.290. The first-order chi connectivity index (χ1) is 10.6. The Balaban J connectivity index is 1.66. The van der Waals surface area contributed by atoms with Gasteiger partial charge in [0, 0.05) is 18.3 Å². The van der Waals surface area contributed by atoms with Gasteiger partial charge in [0.2, 0.25) is 5.76 Å². The summed E-state index contributed by atoms with van der Waals surface area (Å²) in [6, 6.07) is 11.6. The van der Waals surface area contributed by atoms with Gasteiger partial charge in [0.25, 0.3) is 5.91 Å². The zero-order valence-electron chi connectivity index (χ0n) is 12.4. The van der Waals surface area contributed by atoms with Crippen LogP contribution in [-0.4, -0.2) is 20.8 Å². The maximum Gasteiger partial charge on any atom is 0.295 e. The van der Waals surface area contributed by atoms with Crippen LogP contribution in [0.2, 0.25) is 0 Å². The summed E-state index contributed by atoms with van der Waals surface area (Å²) in [5, 5.41) is 10.7. The van der Waals surface area contributed by atoms with Crippen molar-refractivity contribution < 1.29 is 9.32 Å². The number of aryl methyl sites for hydroxylation is 2. The number of benzene rings is 1. The molecule has 3 rings (SSSR count). The fourth-order valence-corrected chi connectivity index (χ4v) is 2.05. The number of carbonyl (C=O) groups is 1. The molecule has 0 unspecified atom stereocenters. The van der Waals surface area contributed by atoms with E-state index in [4.69, 9.17) is 4.52 Å². The van der Waals surface area contributed by atoms with Crippen LogP contribution < -0.4 is 5.32 Å². The average molecular weight is 296 g/mol. The van der Waals surface area contributed by atoms with Crippen molar-refractivity contribution in [3.05, 3.63) is 65.2 Å². The third kappa shape index (κ3) is 3.22. The highest BCUT2D eigenvalue weighted by Crippen LogP contribution is 2.10. The Kier molecular flexibility index (Phi) is 3.74. The van der Waals surface area contributed by atoms with Gasteiger partial charge in [-0.3, -0.25) is 9.48 Å². The first-order valence-electron chi connectivity index (χ1n) is 6.94. The monoisotopic (exact) mass is 296 g/mol. The highest BCUT2D eigenvalue weighted by molar-refractivity contribution is 6.01. The smallest absolute Gasteiger partial charge is 0.295 e. The van der Waals surface area contributed by atoms with Crippen molar-refractivity contribution in [2.75, 3.05) is 5.32 Å². The first kappa shape index (κ1) is 14.1. The van der Waals surface area contributed by atoms with Gasteiger partial charge in [0.15, 0.2) is 5.82 Å². The van der Waals surface area contributed by atoms with Crippen LogP contribution in [0.3, 0.4) is 0 Å². The summed E-state index contributed by atoms with van der Waals surface area (Å²) < 4.78 is 6.69. The molecule has 22 heavy (non-hydrogen) atoms. The Hall–Kier alpha value is -2.89. The Morgan fingerprint density at radius 1 is 1.23 bits per heavy atom. The normalized spacial score (nSPS) is 10.6. The van der Waals surface area contributed by atoms with E-state index in [2.05, 4.69) is 46.8 Å². The van der Waals surface area contributed by atoms with Crippen LogP contribution >= 0.6 is 0 Å². The standard InChI is InChI=1S/C16H16N4O2/c1-11-3-5-13(6-4-11)10-20-8-7-15(18-20)17-16(21)14-9-12(2)19-22-14/h3-9H,10H2,1-2H3,(H,17,18,21). The van der Waals surface area contributed by atoms with Crippen LogP contribution in [-0.2, 0) is 6.54 Å². The van der Waals surface area contributed by atoms with Crippen LogP contribution in [0.1, 0.15) is 27.4 Å². The van der Waals surface area contributed by atoms with E-state index in [-0.39, 0.29) is 11.7 Å². The number of carbonyl (C=O) groups excluding carboxylic acids is 1. The van der Waals surface area contributed by atoms with E-state index in [1.165, 1.54) is 5.56 Å². The Morgan fingerprint density at radius 2 is 2.00 bits per heavy atom. The van der Waals surface area contributed by atoms with Crippen LogP contribution in [0.25, 0.3) is 0 Å². The number of anilines is 1.